The van der Waals surface area contributed by atoms with Crippen LogP contribution in [0.15, 0.2) is 53.0 Å². The second kappa shape index (κ2) is 8.46. The lowest BCUT2D eigenvalue weighted by Gasteiger charge is -2.37. The molecule has 4 nitrogen and oxygen atoms in total. The minimum absolute atomic E-state index is 0. The number of piperidine rings is 1. The van der Waals surface area contributed by atoms with Crippen LogP contribution in [0.25, 0.3) is 10.9 Å². The fraction of sp³-hybridized carbons (Fsp3) is 0.381. The van der Waals surface area contributed by atoms with Crippen molar-refractivity contribution in [1.82, 2.24) is 9.47 Å². The van der Waals surface area contributed by atoms with Gasteiger partial charge in [-0.15, -0.1) is 36.2 Å². The molecule has 2 aliphatic heterocycles. The third-order valence-electron chi connectivity index (χ3n) is 6.19. The van der Waals surface area contributed by atoms with Crippen LogP contribution in [0.1, 0.15) is 36.6 Å². The molecule has 2 unspecified atom stereocenters. The van der Waals surface area contributed by atoms with Gasteiger partial charge in [0.2, 0.25) is 0 Å². The van der Waals surface area contributed by atoms with Crippen molar-refractivity contribution in [2.24, 2.45) is 10.7 Å². The van der Waals surface area contributed by atoms with Crippen molar-refractivity contribution in [2.45, 2.75) is 43.8 Å². The van der Waals surface area contributed by atoms with E-state index in [1.807, 2.05) is 17.5 Å². The normalized spacial score (nSPS) is 24.8. The highest BCUT2D eigenvalue weighted by atomic mass is 35.5. The number of amidine groups is 1. The molecule has 28 heavy (non-hydrogen) atoms. The summed E-state index contributed by atoms with van der Waals surface area (Å²) in [5.74, 6) is 0.589. The maximum absolute atomic E-state index is 6.14. The molecular weight excluding hydrogens is 411 g/mol. The van der Waals surface area contributed by atoms with Crippen molar-refractivity contribution < 1.29 is 0 Å². The fourth-order valence-corrected chi connectivity index (χ4v) is 5.40. The van der Waals surface area contributed by atoms with E-state index in [1.165, 1.54) is 36.6 Å². The van der Waals surface area contributed by atoms with Gasteiger partial charge >= 0.3 is 0 Å². The first-order chi connectivity index (χ1) is 12.7. The van der Waals surface area contributed by atoms with Crippen LogP contribution in [0.3, 0.4) is 0 Å². The number of thiophene rings is 1. The van der Waals surface area contributed by atoms with Crippen LogP contribution >= 0.6 is 36.2 Å². The molecule has 0 aliphatic carbocycles. The average molecular weight is 437 g/mol. The summed E-state index contributed by atoms with van der Waals surface area (Å²) in [4.78, 5) is 8.22. The molecule has 7 heteroatoms. The van der Waals surface area contributed by atoms with Crippen molar-refractivity contribution in [3.8, 4) is 0 Å². The summed E-state index contributed by atoms with van der Waals surface area (Å²) in [5, 5.41) is 3.27. The molecule has 0 saturated carbocycles. The van der Waals surface area contributed by atoms with E-state index in [0.717, 1.165) is 22.6 Å². The number of aliphatic imine (C=N–C) groups is 1. The number of hydrogen-bond donors (Lipinski definition) is 1. The average Bonchev–Trinajstić information content (AvgIpc) is 3.34. The summed E-state index contributed by atoms with van der Waals surface area (Å²) >= 11 is 1.62. The number of rotatable bonds is 3. The molecule has 0 amide bonds. The number of nitrogens with two attached hydrogens (primary N) is 1. The first kappa shape index (κ1) is 21.2. The van der Waals surface area contributed by atoms with Gasteiger partial charge in [-0.3, -0.25) is 0 Å². The molecule has 2 N–H and O–H groups in total. The molecule has 4 heterocycles. The lowest BCUT2D eigenvalue weighted by Crippen LogP contribution is -2.40. The van der Waals surface area contributed by atoms with Gasteiger partial charge in [-0.1, -0.05) is 6.07 Å². The molecule has 2 bridgehead atoms. The first-order valence-corrected chi connectivity index (χ1v) is 10.3. The summed E-state index contributed by atoms with van der Waals surface area (Å²) in [7, 11) is 2.30. The minimum Gasteiger partial charge on any atom is -0.383 e. The Morgan fingerprint density at radius 3 is 2.50 bits per heavy atom. The molecule has 2 saturated heterocycles. The molecule has 2 fully saturated rings. The van der Waals surface area contributed by atoms with Crippen LogP contribution in [0, 0.1) is 0 Å². The van der Waals surface area contributed by atoms with Crippen LogP contribution in [-0.2, 0) is 0 Å². The van der Waals surface area contributed by atoms with Gasteiger partial charge in [0.15, 0.2) is 0 Å². The van der Waals surface area contributed by atoms with E-state index >= 15 is 0 Å². The molecule has 5 rings (SSSR count). The second-order valence-electron chi connectivity index (χ2n) is 7.62. The smallest absolute Gasteiger partial charge is 0.141 e. The number of hydrogen-bond acceptors (Lipinski definition) is 3. The van der Waals surface area contributed by atoms with Gasteiger partial charge in [-0.05, 0) is 68.4 Å². The number of aromatic nitrogens is 1. The molecule has 0 spiro atoms. The highest BCUT2D eigenvalue weighted by Crippen LogP contribution is 2.41. The minimum atomic E-state index is 0. The van der Waals surface area contributed by atoms with E-state index < -0.39 is 0 Å². The second-order valence-corrected chi connectivity index (χ2v) is 8.56. The number of fused-ring (bicyclic) bond motifs is 3. The third-order valence-corrected chi connectivity index (χ3v) is 7.09. The largest absolute Gasteiger partial charge is 0.383 e. The zero-order valence-electron chi connectivity index (χ0n) is 15.8. The highest BCUT2D eigenvalue weighted by molar-refractivity contribution is 7.12. The summed E-state index contributed by atoms with van der Waals surface area (Å²) in [6.07, 6.45) is 7.51. The van der Waals surface area contributed by atoms with Gasteiger partial charge in [-0.25, -0.2) is 4.99 Å². The Morgan fingerprint density at radius 2 is 1.82 bits per heavy atom. The molecule has 0 radical (unpaired) electrons. The standard InChI is InChI=1S/C21H24N4S.2ClH/c1-24-16-5-6-17(24)13-18(12-16)25-9-8-14-11-15(4-7-19(14)25)23-21(22)20-3-2-10-26-20;;/h2-4,7-11,16-18H,5-6,12-13H2,1H3,(H2,22,23);2*1H. The van der Waals surface area contributed by atoms with Gasteiger partial charge in [0.25, 0.3) is 0 Å². The van der Waals surface area contributed by atoms with Crippen molar-refractivity contribution in [3.63, 3.8) is 0 Å². The quantitative estimate of drug-likeness (QED) is 0.442. The molecule has 2 aromatic heterocycles. The molecule has 3 aromatic rings. The first-order valence-electron chi connectivity index (χ1n) is 9.39. The van der Waals surface area contributed by atoms with E-state index in [-0.39, 0.29) is 24.8 Å². The molecule has 2 aliphatic rings. The van der Waals surface area contributed by atoms with Crippen molar-refractivity contribution in [3.05, 3.63) is 52.9 Å². The van der Waals surface area contributed by atoms with Crippen LogP contribution in [0.5, 0.6) is 0 Å². The van der Waals surface area contributed by atoms with Crippen LogP contribution in [-0.4, -0.2) is 34.4 Å². The van der Waals surface area contributed by atoms with Crippen molar-refractivity contribution in [2.75, 3.05) is 7.05 Å². The SMILES string of the molecule is CN1C2CCC1CC(n1ccc3cc(N=C(N)c4cccs4)ccc31)C2.Cl.Cl. The van der Waals surface area contributed by atoms with Gasteiger partial charge in [0.1, 0.15) is 5.84 Å². The predicted octanol–water partition coefficient (Wildman–Crippen LogP) is 5.38. The Bertz CT molecular complexity index is 952. The lowest BCUT2D eigenvalue weighted by molar-refractivity contribution is 0.139. The number of nitrogens with zero attached hydrogens (tertiary/aromatic N) is 3. The summed E-state index contributed by atoms with van der Waals surface area (Å²) in [6, 6.07) is 14.8. The lowest BCUT2D eigenvalue weighted by atomic mass is 9.97. The third kappa shape index (κ3) is 3.69. The van der Waals surface area contributed by atoms with Crippen molar-refractivity contribution >= 4 is 58.6 Å². The Hall–Kier alpha value is -1.53. The van der Waals surface area contributed by atoms with Crippen molar-refractivity contribution in [1.29, 1.82) is 0 Å². The van der Waals surface area contributed by atoms with Gasteiger partial charge < -0.3 is 15.2 Å². The fourth-order valence-electron chi connectivity index (χ4n) is 4.77. The van der Waals surface area contributed by atoms with E-state index in [2.05, 4.69) is 52.0 Å². The van der Waals surface area contributed by atoms with Gasteiger partial charge in [-0.2, -0.15) is 0 Å². The molecule has 150 valence electrons. The van der Waals surface area contributed by atoms with Crippen LogP contribution in [0.2, 0.25) is 0 Å². The maximum Gasteiger partial charge on any atom is 0.141 e. The zero-order valence-corrected chi connectivity index (χ0v) is 18.3. The van der Waals surface area contributed by atoms with E-state index in [1.54, 1.807) is 11.3 Å². The number of benzene rings is 1. The van der Waals surface area contributed by atoms with Crippen LogP contribution in [0.4, 0.5) is 5.69 Å². The predicted molar refractivity (Wildman–Crippen MR) is 124 cm³/mol. The maximum atomic E-state index is 6.14. The Morgan fingerprint density at radius 1 is 1.07 bits per heavy atom. The Balaban J connectivity index is 0.00000112. The molecule has 1 aromatic carbocycles. The Kier molecular flexibility index (Phi) is 6.40. The van der Waals surface area contributed by atoms with E-state index in [0.29, 0.717) is 11.9 Å². The number of halogens is 2. The molecule has 2 atom stereocenters. The Labute approximate surface area is 182 Å². The monoisotopic (exact) mass is 436 g/mol. The highest BCUT2D eigenvalue weighted by Gasteiger charge is 2.39. The zero-order chi connectivity index (χ0) is 17.7. The van der Waals surface area contributed by atoms with Crippen LogP contribution < -0.4 is 5.73 Å². The summed E-state index contributed by atoms with van der Waals surface area (Å²) in [5.41, 5.74) is 8.37. The summed E-state index contributed by atoms with van der Waals surface area (Å²) in [6.45, 7) is 0. The van der Waals surface area contributed by atoms with Gasteiger partial charge in [0.05, 0.1) is 10.6 Å². The molecular formula is C21H26Cl2N4S. The van der Waals surface area contributed by atoms with E-state index in [9.17, 15) is 0 Å². The van der Waals surface area contributed by atoms with Gasteiger partial charge in [0, 0.05) is 35.2 Å². The summed E-state index contributed by atoms with van der Waals surface area (Å²) < 4.78 is 2.49. The topological polar surface area (TPSA) is 46.5 Å². The van der Waals surface area contributed by atoms with E-state index in [4.69, 9.17) is 5.73 Å².